The van der Waals surface area contributed by atoms with Crippen molar-refractivity contribution in [3.05, 3.63) is 29.3 Å². The number of aliphatic carboxylic acids is 1. The van der Waals surface area contributed by atoms with Crippen molar-refractivity contribution in [1.82, 2.24) is 15.1 Å². The number of carbonyl (C=O) groups excluding carboxylic acids is 1. The van der Waals surface area contributed by atoms with Crippen LogP contribution in [0.2, 0.25) is 0 Å². The summed E-state index contributed by atoms with van der Waals surface area (Å²) in [5, 5.41) is 17.8. The molecular weight excluding hydrogens is 278 g/mol. The number of hydrogen-bond donors (Lipinski definition) is 2. The fraction of sp³-hybridized carbons (Fsp3) is 0.308. The van der Waals surface area contributed by atoms with E-state index >= 15 is 0 Å². The highest BCUT2D eigenvalue weighted by molar-refractivity contribution is 7.13. The van der Waals surface area contributed by atoms with Gasteiger partial charge in [0.2, 0.25) is 0 Å². The first kappa shape index (κ1) is 14.3. The number of carboxylic acids is 1. The lowest BCUT2D eigenvalue weighted by Crippen LogP contribution is -2.50. The number of aromatic amines is 1. The lowest BCUT2D eigenvalue weighted by Gasteiger charge is -2.30. The Morgan fingerprint density at radius 2 is 2.15 bits per heavy atom. The van der Waals surface area contributed by atoms with Crippen LogP contribution in [-0.4, -0.2) is 44.7 Å². The van der Waals surface area contributed by atoms with Crippen LogP contribution in [0.5, 0.6) is 0 Å². The molecule has 0 radical (unpaired) electrons. The number of amides is 1. The van der Waals surface area contributed by atoms with Gasteiger partial charge in [0, 0.05) is 7.05 Å². The maximum Gasteiger partial charge on any atom is 0.329 e. The van der Waals surface area contributed by atoms with Gasteiger partial charge in [-0.25, -0.2) is 4.79 Å². The minimum absolute atomic E-state index is 0.199. The third-order valence-electron chi connectivity index (χ3n) is 3.25. The number of nitrogens with one attached hydrogen (secondary N) is 1. The van der Waals surface area contributed by atoms with Crippen LogP contribution >= 0.6 is 11.3 Å². The van der Waals surface area contributed by atoms with Crippen molar-refractivity contribution in [2.75, 3.05) is 7.05 Å². The fourth-order valence-corrected chi connectivity index (χ4v) is 2.25. The van der Waals surface area contributed by atoms with Gasteiger partial charge in [-0.3, -0.25) is 9.89 Å². The fourth-order valence-electron chi connectivity index (χ4n) is 1.56. The molecule has 2 heterocycles. The summed E-state index contributed by atoms with van der Waals surface area (Å²) >= 11 is 1.53. The third kappa shape index (κ3) is 2.44. The quantitative estimate of drug-likeness (QED) is 0.903. The van der Waals surface area contributed by atoms with E-state index in [1.165, 1.54) is 37.1 Å². The molecule has 0 fully saturated rings. The number of nitrogens with zero attached hydrogens (tertiary/aromatic N) is 2. The number of carbonyl (C=O) groups is 2. The zero-order valence-corrected chi connectivity index (χ0v) is 12.2. The molecule has 20 heavy (non-hydrogen) atoms. The molecule has 0 saturated carbocycles. The Morgan fingerprint density at radius 3 is 2.70 bits per heavy atom. The second kappa shape index (κ2) is 5.09. The lowest BCUT2D eigenvalue weighted by molar-refractivity contribution is -0.147. The van der Waals surface area contributed by atoms with Crippen LogP contribution in [0, 0.1) is 0 Å². The van der Waals surface area contributed by atoms with Crippen LogP contribution in [0.15, 0.2) is 23.6 Å². The molecule has 0 spiro atoms. The van der Waals surface area contributed by atoms with E-state index in [4.69, 9.17) is 5.11 Å². The van der Waals surface area contributed by atoms with Gasteiger partial charge in [-0.2, -0.15) is 5.10 Å². The SMILES string of the molecule is CN(C(=O)c1cc(-c2cccs2)[nH]n1)C(C)(C)C(=O)O. The van der Waals surface area contributed by atoms with Crippen molar-refractivity contribution in [1.29, 1.82) is 0 Å². The summed E-state index contributed by atoms with van der Waals surface area (Å²) in [5.41, 5.74) is -0.353. The zero-order chi connectivity index (χ0) is 14.9. The van der Waals surface area contributed by atoms with Gasteiger partial charge in [-0.05, 0) is 31.4 Å². The van der Waals surface area contributed by atoms with Gasteiger partial charge in [-0.1, -0.05) is 6.07 Å². The normalized spacial score (nSPS) is 11.3. The minimum Gasteiger partial charge on any atom is -0.480 e. The summed E-state index contributed by atoms with van der Waals surface area (Å²) < 4.78 is 0. The van der Waals surface area contributed by atoms with Gasteiger partial charge in [0.15, 0.2) is 5.69 Å². The summed E-state index contributed by atoms with van der Waals surface area (Å²) in [7, 11) is 1.45. The molecule has 0 bridgehead atoms. The van der Waals surface area contributed by atoms with Crippen LogP contribution in [0.25, 0.3) is 10.6 Å². The van der Waals surface area contributed by atoms with Gasteiger partial charge in [0.1, 0.15) is 5.54 Å². The molecule has 0 saturated heterocycles. The van der Waals surface area contributed by atoms with Crippen molar-refractivity contribution < 1.29 is 14.7 Å². The molecule has 0 aliphatic carbocycles. The number of carboxylic acid groups (broad SMARTS) is 1. The van der Waals surface area contributed by atoms with Crippen molar-refractivity contribution in [2.45, 2.75) is 19.4 Å². The van der Waals surface area contributed by atoms with E-state index in [2.05, 4.69) is 10.2 Å². The van der Waals surface area contributed by atoms with Crippen molar-refractivity contribution in [2.24, 2.45) is 0 Å². The number of hydrogen-bond acceptors (Lipinski definition) is 4. The van der Waals surface area contributed by atoms with E-state index in [0.29, 0.717) is 0 Å². The molecule has 6 nitrogen and oxygen atoms in total. The number of aromatic nitrogens is 2. The van der Waals surface area contributed by atoms with E-state index < -0.39 is 17.4 Å². The lowest BCUT2D eigenvalue weighted by atomic mass is 10.0. The van der Waals surface area contributed by atoms with Crippen molar-refractivity contribution in [3.63, 3.8) is 0 Å². The van der Waals surface area contributed by atoms with E-state index in [-0.39, 0.29) is 5.69 Å². The summed E-state index contributed by atoms with van der Waals surface area (Å²) in [6.07, 6.45) is 0. The number of H-pyrrole nitrogens is 1. The number of thiophene rings is 1. The highest BCUT2D eigenvalue weighted by atomic mass is 32.1. The Kier molecular flexibility index (Phi) is 3.63. The summed E-state index contributed by atoms with van der Waals surface area (Å²) in [5.74, 6) is -1.50. The predicted molar refractivity (Wildman–Crippen MR) is 75.7 cm³/mol. The van der Waals surface area contributed by atoms with Gasteiger partial charge in [0.05, 0.1) is 10.6 Å². The topological polar surface area (TPSA) is 86.3 Å². The minimum atomic E-state index is -1.29. The van der Waals surface area contributed by atoms with E-state index in [1.807, 2.05) is 17.5 Å². The zero-order valence-electron chi connectivity index (χ0n) is 11.4. The number of likely N-dealkylation sites (N-methyl/N-ethyl adjacent to an activating group) is 1. The molecule has 1 amide bonds. The molecule has 0 aliphatic heterocycles. The standard InChI is InChI=1S/C13H15N3O3S/c1-13(2,12(18)19)16(3)11(17)9-7-8(14-15-9)10-5-4-6-20-10/h4-7H,1-3H3,(H,14,15)(H,18,19). The highest BCUT2D eigenvalue weighted by Crippen LogP contribution is 2.24. The molecule has 2 aromatic heterocycles. The molecular formula is C13H15N3O3S. The van der Waals surface area contributed by atoms with Gasteiger partial charge in [-0.15, -0.1) is 11.3 Å². The van der Waals surface area contributed by atoms with Crippen LogP contribution in [-0.2, 0) is 4.79 Å². The Morgan fingerprint density at radius 1 is 1.45 bits per heavy atom. The highest BCUT2D eigenvalue weighted by Gasteiger charge is 2.36. The van der Waals surface area contributed by atoms with Crippen LogP contribution in [0.4, 0.5) is 0 Å². The molecule has 2 aromatic rings. The average molecular weight is 293 g/mol. The molecule has 0 atom stereocenters. The molecule has 2 rings (SSSR count). The maximum absolute atomic E-state index is 12.3. The first-order valence-electron chi connectivity index (χ1n) is 5.95. The van der Waals surface area contributed by atoms with E-state index in [0.717, 1.165) is 10.6 Å². The molecule has 0 aliphatic rings. The monoisotopic (exact) mass is 293 g/mol. The summed E-state index contributed by atoms with van der Waals surface area (Å²) in [6, 6.07) is 5.45. The predicted octanol–water partition coefficient (Wildman–Crippen LogP) is 2.07. The summed E-state index contributed by atoms with van der Waals surface area (Å²) in [6.45, 7) is 2.94. The summed E-state index contributed by atoms with van der Waals surface area (Å²) in [4.78, 5) is 25.6. The number of rotatable bonds is 4. The second-order valence-electron chi connectivity index (χ2n) is 4.87. The van der Waals surface area contributed by atoms with Gasteiger partial charge >= 0.3 is 5.97 Å². The van der Waals surface area contributed by atoms with E-state index in [9.17, 15) is 9.59 Å². The van der Waals surface area contributed by atoms with Crippen LogP contribution in [0.1, 0.15) is 24.3 Å². The molecule has 2 N–H and O–H groups in total. The average Bonchev–Trinajstić information content (AvgIpc) is 3.06. The largest absolute Gasteiger partial charge is 0.480 e. The molecule has 7 heteroatoms. The van der Waals surface area contributed by atoms with Gasteiger partial charge < -0.3 is 10.0 Å². The Bertz CT molecular complexity index is 631. The first-order chi connectivity index (χ1) is 9.34. The Labute approximate surface area is 120 Å². The first-order valence-corrected chi connectivity index (χ1v) is 6.83. The Hall–Kier alpha value is -2.15. The molecule has 106 valence electrons. The molecule has 0 unspecified atom stereocenters. The van der Waals surface area contributed by atoms with Crippen LogP contribution < -0.4 is 0 Å². The smallest absolute Gasteiger partial charge is 0.329 e. The second-order valence-corrected chi connectivity index (χ2v) is 5.82. The van der Waals surface area contributed by atoms with Crippen molar-refractivity contribution in [3.8, 4) is 10.6 Å². The van der Waals surface area contributed by atoms with Crippen molar-refractivity contribution >= 4 is 23.2 Å². The third-order valence-corrected chi connectivity index (χ3v) is 4.15. The van der Waals surface area contributed by atoms with E-state index in [1.54, 1.807) is 6.07 Å². The van der Waals surface area contributed by atoms with Gasteiger partial charge in [0.25, 0.3) is 5.91 Å². The maximum atomic E-state index is 12.3. The Balaban J connectivity index is 2.24. The van der Waals surface area contributed by atoms with Crippen LogP contribution in [0.3, 0.4) is 0 Å². The molecule has 0 aromatic carbocycles.